The molecule has 0 aliphatic carbocycles. The van der Waals surface area contributed by atoms with Crippen molar-refractivity contribution in [1.29, 1.82) is 0 Å². The van der Waals surface area contributed by atoms with E-state index in [9.17, 15) is 14.3 Å². The van der Waals surface area contributed by atoms with Crippen LogP contribution >= 0.6 is 11.8 Å². The van der Waals surface area contributed by atoms with Crippen LogP contribution in [0.25, 0.3) is 0 Å². The molecule has 24 heavy (non-hydrogen) atoms. The van der Waals surface area contributed by atoms with Crippen LogP contribution in [0.15, 0.2) is 82.6 Å². The molecule has 2 N–H and O–H groups in total. The maximum absolute atomic E-state index is 13.0. The third kappa shape index (κ3) is 3.94. The van der Waals surface area contributed by atoms with Gasteiger partial charge in [0, 0.05) is 15.5 Å². The Bertz CT molecular complexity index is 851. The summed E-state index contributed by atoms with van der Waals surface area (Å²) in [5, 5.41) is 12.4. The quantitative estimate of drug-likeness (QED) is 0.652. The van der Waals surface area contributed by atoms with Crippen LogP contribution in [0, 0.1) is 5.82 Å². The first-order valence-electron chi connectivity index (χ1n) is 7.25. The molecule has 0 heterocycles. The standard InChI is InChI=1S/C19H14FNO2S/c20-13-6-8-14(9-7-13)21-18-12-16(10-11-17(18)19(22)23)24-15-4-2-1-3-5-15/h1-12,21H,(H,22,23). The van der Waals surface area contributed by atoms with Gasteiger partial charge in [-0.3, -0.25) is 0 Å². The third-order valence-corrected chi connectivity index (χ3v) is 4.32. The van der Waals surface area contributed by atoms with Gasteiger partial charge in [0.05, 0.1) is 11.3 Å². The summed E-state index contributed by atoms with van der Waals surface area (Å²) in [6, 6.07) is 20.7. The highest BCUT2D eigenvalue weighted by Crippen LogP contribution is 2.32. The van der Waals surface area contributed by atoms with Gasteiger partial charge in [-0.1, -0.05) is 30.0 Å². The number of aromatic carboxylic acids is 1. The van der Waals surface area contributed by atoms with Crippen molar-refractivity contribution < 1.29 is 14.3 Å². The summed E-state index contributed by atoms with van der Waals surface area (Å²) in [7, 11) is 0. The fourth-order valence-corrected chi connectivity index (χ4v) is 3.07. The number of hydrogen-bond acceptors (Lipinski definition) is 3. The van der Waals surface area contributed by atoms with Crippen LogP contribution in [0.1, 0.15) is 10.4 Å². The fraction of sp³-hybridized carbons (Fsp3) is 0. The van der Waals surface area contributed by atoms with Gasteiger partial charge in [0.15, 0.2) is 0 Å². The van der Waals surface area contributed by atoms with Crippen molar-refractivity contribution in [3.05, 3.63) is 84.2 Å². The highest BCUT2D eigenvalue weighted by molar-refractivity contribution is 7.99. The number of carbonyl (C=O) groups is 1. The molecule has 0 unspecified atom stereocenters. The fourth-order valence-electron chi connectivity index (χ4n) is 2.19. The largest absolute Gasteiger partial charge is 0.478 e. The van der Waals surface area contributed by atoms with E-state index in [2.05, 4.69) is 5.32 Å². The Hall–Kier alpha value is -2.79. The molecule has 3 rings (SSSR count). The number of carboxylic acids is 1. The van der Waals surface area contributed by atoms with E-state index in [0.29, 0.717) is 11.4 Å². The van der Waals surface area contributed by atoms with Crippen molar-refractivity contribution in [2.24, 2.45) is 0 Å². The average Bonchev–Trinajstić information content (AvgIpc) is 2.58. The number of nitrogens with one attached hydrogen (secondary N) is 1. The van der Waals surface area contributed by atoms with Gasteiger partial charge in [-0.2, -0.15) is 0 Å². The highest BCUT2D eigenvalue weighted by atomic mass is 32.2. The molecule has 0 aromatic heterocycles. The van der Waals surface area contributed by atoms with Crippen LogP contribution < -0.4 is 5.32 Å². The van der Waals surface area contributed by atoms with Crippen molar-refractivity contribution in [2.75, 3.05) is 5.32 Å². The number of carboxylic acid groups (broad SMARTS) is 1. The zero-order valence-electron chi connectivity index (χ0n) is 12.6. The topological polar surface area (TPSA) is 49.3 Å². The van der Waals surface area contributed by atoms with Gasteiger partial charge < -0.3 is 10.4 Å². The second-order valence-corrected chi connectivity index (χ2v) is 6.21. The summed E-state index contributed by atoms with van der Waals surface area (Å²) < 4.78 is 13.0. The molecule has 0 atom stereocenters. The molecule has 0 fully saturated rings. The monoisotopic (exact) mass is 339 g/mol. The Morgan fingerprint density at radius 3 is 2.29 bits per heavy atom. The van der Waals surface area contributed by atoms with Gasteiger partial charge in [0.25, 0.3) is 0 Å². The number of rotatable bonds is 5. The lowest BCUT2D eigenvalue weighted by Gasteiger charge is -2.12. The van der Waals surface area contributed by atoms with Crippen molar-refractivity contribution in [3.8, 4) is 0 Å². The first-order chi connectivity index (χ1) is 11.6. The molecular formula is C19H14FNO2S. The highest BCUT2D eigenvalue weighted by Gasteiger charge is 2.12. The molecular weight excluding hydrogens is 325 g/mol. The van der Waals surface area contributed by atoms with Crippen LogP contribution in [0.4, 0.5) is 15.8 Å². The van der Waals surface area contributed by atoms with Crippen LogP contribution in [-0.4, -0.2) is 11.1 Å². The van der Waals surface area contributed by atoms with Gasteiger partial charge in [-0.15, -0.1) is 0 Å². The minimum atomic E-state index is -1.02. The van der Waals surface area contributed by atoms with E-state index < -0.39 is 5.97 Å². The number of benzene rings is 3. The van der Waals surface area contributed by atoms with Crippen LogP contribution in [0.3, 0.4) is 0 Å². The van der Waals surface area contributed by atoms with Crippen molar-refractivity contribution in [2.45, 2.75) is 9.79 Å². The second kappa shape index (κ2) is 7.19. The molecule has 0 aliphatic rings. The van der Waals surface area contributed by atoms with E-state index >= 15 is 0 Å². The molecule has 0 amide bonds. The Morgan fingerprint density at radius 2 is 1.62 bits per heavy atom. The van der Waals surface area contributed by atoms with Crippen LogP contribution in [-0.2, 0) is 0 Å². The zero-order valence-corrected chi connectivity index (χ0v) is 13.4. The normalized spacial score (nSPS) is 10.4. The Morgan fingerprint density at radius 1 is 0.917 bits per heavy atom. The van der Waals surface area contributed by atoms with Crippen molar-refractivity contribution >= 4 is 29.1 Å². The van der Waals surface area contributed by atoms with E-state index in [0.717, 1.165) is 9.79 Å². The number of anilines is 2. The number of hydrogen-bond donors (Lipinski definition) is 2. The molecule has 0 spiro atoms. The maximum atomic E-state index is 13.0. The van der Waals surface area contributed by atoms with Gasteiger partial charge in [-0.25, -0.2) is 9.18 Å². The summed E-state index contributed by atoms with van der Waals surface area (Å²) in [6.07, 6.45) is 0. The molecule has 5 heteroatoms. The molecule has 0 radical (unpaired) electrons. The van der Waals surface area contributed by atoms with Gasteiger partial charge in [0.1, 0.15) is 5.82 Å². The molecule has 3 aromatic carbocycles. The SMILES string of the molecule is O=C(O)c1ccc(Sc2ccccc2)cc1Nc1ccc(F)cc1. The number of halogens is 1. The Labute approximate surface area is 143 Å². The summed E-state index contributed by atoms with van der Waals surface area (Å²) in [6.45, 7) is 0. The van der Waals surface area contributed by atoms with E-state index in [-0.39, 0.29) is 11.4 Å². The Balaban J connectivity index is 1.91. The lowest BCUT2D eigenvalue weighted by atomic mass is 10.1. The predicted molar refractivity (Wildman–Crippen MR) is 93.6 cm³/mol. The van der Waals surface area contributed by atoms with Crippen molar-refractivity contribution in [1.82, 2.24) is 0 Å². The molecule has 0 saturated heterocycles. The predicted octanol–water partition coefficient (Wildman–Crippen LogP) is 5.42. The van der Waals surface area contributed by atoms with E-state index in [1.165, 1.54) is 12.1 Å². The van der Waals surface area contributed by atoms with Gasteiger partial charge in [-0.05, 0) is 54.6 Å². The lowest BCUT2D eigenvalue weighted by molar-refractivity contribution is 0.0698. The second-order valence-electron chi connectivity index (χ2n) is 5.06. The lowest BCUT2D eigenvalue weighted by Crippen LogP contribution is -2.03. The summed E-state index contributed by atoms with van der Waals surface area (Å²) >= 11 is 1.54. The maximum Gasteiger partial charge on any atom is 0.337 e. The van der Waals surface area contributed by atoms with E-state index in [1.807, 2.05) is 30.3 Å². The average molecular weight is 339 g/mol. The molecule has 0 aliphatic heterocycles. The van der Waals surface area contributed by atoms with Crippen LogP contribution in [0.5, 0.6) is 0 Å². The summed E-state index contributed by atoms with van der Waals surface area (Å²) in [4.78, 5) is 13.4. The minimum absolute atomic E-state index is 0.164. The van der Waals surface area contributed by atoms with E-state index in [4.69, 9.17) is 0 Å². The Kier molecular flexibility index (Phi) is 4.82. The summed E-state index contributed by atoms with van der Waals surface area (Å²) in [5.41, 5.74) is 1.26. The van der Waals surface area contributed by atoms with Crippen molar-refractivity contribution in [3.63, 3.8) is 0 Å². The molecule has 3 nitrogen and oxygen atoms in total. The molecule has 0 saturated carbocycles. The molecule has 3 aromatic rings. The van der Waals surface area contributed by atoms with Gasteiger partial charge in [0.2, 0.25) is 0 Å². The first kappa shape index (κ1) is 16.1. The zero-order chi connectivity index (χ0) is 16.9. The first-order valence-corrected chi connectivity index (χ1v) is 8.06. The van der Waals surface area contributed by atoms with Gasteiger partial charge >= 0.3 is 5.97 Å². The minimum Gasteiger partial charge on any atom is -0.478 e. The van der Waals surface area contributed by atoms with Crippen LogP contribution in [0.2, 0.25) is 0 Å². The van der Waals surface area contributed by atoms with E-state index in [1.54, 1.807) is 42.1 Å². The molecule has 120 valence electrons. The smallest absolute Gasteiger partial charge is 0.337 e. The third-order valence-electron chi connectivity index (χ3n) is 3.32. The molecule has 0 bridgehead atoms. The summed E-state index contributed by atoms with van der Waals surface area (Å²) in [5.74, 6) is -1.36.